The Labute approximate surface area is 307 Å². The summed E-state index contributed by atoms with van der Waals surface area (Å²) < 4.78 is 1.12. The standard InChI is InChI=1S/C36H42Cl4N6O3/c1-3-4-5-6-7-8-9-10-11-12-13-14-32(48)41-25-15-16-28(38)31(22-25)42-35-33(44-43-26-17-23(2)18-27(47)21-26)36(49)46(45-35)34-29(39)19-24(37)20-30(34)40/h15-22,42,45,47H,3-14H2,1-2H3,(H,41,48)/b44-43+. The van der Waals surface area contributed by atoms with E-state index in [1.807, 2.05) is 0 Å². The van der Waals surface area contributed by atoms with Crippen molar-refractivity contribution in [2.45, 2.75) is 90.9 Å². The summed E-state index contributed by atoms with van der Waals surface area (Å²) in [6.07, 6.45) is 13.7. The number of H-pyrrole nitrogens is 1. The molecule has 4 N–H and O–H groups in total. The minimum Gasteiger partial charge on any atom is -0.508 e. The molecule has 0 atom stereocenters. The second-order valence-corrected chi connectivity index (χ2v) is 13.7. The number of phenolic OH excluding ortho intramolecular Hbond substituents is 1. The maximum atomic E-state index is 13.7. The van der Waals surface area contributed by atoms with Crippen molar-refractivity contribution in [3.63, 3.8) is 0 Å². The maximum absolute atomic E-state index is 13.7. The van der Waals surface area contributed by atoms with Crippen molar-refractivity contribution in [3.05, 3.63) is 84.5 Å². The third kappa shape index (κ3) is 11.5. The lowest BCUT2D eigenvalue weighted by Gasteiger charge is -2.11. The molecular formula is C36H42Cl4N6O3. The minimum absolute atomic E-state index is 0.00708. The van der Waals surface area contributed by atoms with E-state index in [1.165, 1.54) is 69.6 Å². The van der Waals surface area contributed by atoms with Gasteiger partial charge in [0.05, 0.1) is 26.4 Å². The van der Waals surface area contributed by atoms with Gasteiger partial charge in [-0.1, -0.05) is 118 Å². The van der Waals surface area contributed by atoms with E-state index >= 15 is 0 Å². The number of aromatic nitrogens is 2. The number of nitrogens with one attached hydrogen (secondary N) is 3. The quantitative estimate of drug-likeness (QED) is 0.0597. The molecule has 0 unspecified atom stereocenters. The molecule has 1 heterocycles. The van der Waals surface area contributed by atoms with Crippen LogP contribution in [0.4, 0.5) is 28.6 Å². The summed E-state index contributed by atoms with van der Waals surface area (Å²) in [5.41, 5.74) is 1.42. The number of carbonyl (C=O) groups excluding carboxylic acids is 1. The third-order valence-electron chi connectivity index (χ3n) is 7.90. The van der Waals surface area contributed by atoms with Gasteiger partial charge in [-0.3, -0.25) is 14.7 Å². The number of carbonyl (C=O) groups is 1. The zero-order valence-electron chi connectivity index (χ0n) is 27.7. The summed E-state index contributed by atoms with van der Waals surface area (Å²) in [5, 5.41) is 28.3. The first kappa shape index (κ1) is 38.3. The Hall–Kier alpha value is -3.50. The number of aromatic amines is 1. The molecule has 1 aromatic heterocycles. The fourth-order valence-electron chi connectivity index (χ4n) is 5.43. The molecule has 3 aromatic carbocycles. The summed E-state index contributed by atoms with van der Waals surface area (Å²) in [6, 6.07) is 12.6. The Bertz CT molecular complexity index is 1780. The number of hydrogen-bond donors (Lipinski definition) is 4. The van der Waals surface area contributed by atoms with Crippen molar-refractivity contribution in [2.24, 2.45) is 10.2 Å². The predicted octanol–water partition coefficient (Wildman–Crippen LogP) is 12.6. The van der Waals surface area contributed by atoms with Crippen LogP contribution < -0.4 is 16.2 Å². The van der Waals surface area contributed by atoms with E-state index in [1.54, 1.807) is 37.3 Å². The summed E-state index contributed by atoms with van der Waals surface area (Å²) in [7, 11) is 0. The van der Waals surface area contributed by atoms with Gasteiger partial charge in [0, 0.05) is 23.2 Å². The Morgan fingerprint density at radius 1 is 0.816 bits per heavy atom. The monoisotopic (exact) mass is 746 g/mol. The highest BCUT2D eigenvalue weighted by Gasteiger charge is 2.21. The molecule has 4 aromatic rings. The van der Waals surface area contributed by atoms with Crippen LogP contribution in [0.25, 0.3) is 5.69 Å². The van der Waals surface area contributed by atoms with Gasteiger partial charge in [-0.15, -0.1) is 5.11 Å². The van der Waals surface area contributed by atoms with Crippen LogP contribution in [0.2, 0.25) is 20.1 Å². The number of aryl methyl sites for hydroxylation is 1. The number of hydrogen-bond acceptors (Lipinski definition) is 6. The number of halogens is 4. The molecule has 0 saturated carbocycles. The van der Waals surface area contributed by atoms with Gasteiger partial charge in [0.25, 0.3) is 0 Å². The normalized spacial score (nSPS) is 11.4. The first-order chi connectivity index (χ1) is 23.5. The molecule has 9 nitrogen and oxygen atoms in total. The molecule has 0 aliphatic carbocycles. The molecule has 13 heteroatoms. The van der Waals surface area contributed by atoms with Crippen molar-refractivity contribution >= 4 is 80.9 Å². The number of aromatic hydroxyl groups is 1. The number of phenols is 1. The van der Waals surface area contributed by atoms with Crippen molar-refractivity contribution < 1.29 is 9.90 Å². The molecule has 0 radical (unpaired) electrons. The van der Waals surface area contributed by atoms with Crippen LogP contribution in [-0.2, 0) is 4.79 Å². The third-order valence-corrected chi connectivity index (χ3v) is 9.02. The topological polar surface area (TPSA) is 124 Å². The highest BCUT2D eigenvalue weighted by atomic mass is 35.5. The zero-order chi connectivity index (χ0) is 35.3. The molecule has 262 valence electrons. The lowest BCUT2D eigenvalue weighted by atomic mass is 10.1. The van der Waals surface area contributed by atoms with Gasteiger partial charge in [-0.2, -0.15) is 5.11 Å². The number of rotatable bonds is 18. The molecule has 0 spiro atoms. The molecule has 0 fully saturated rings. The van der Waals surface area contributed by atoms with E-state index < -0.39 is 5.56 Å². The smallest absolute Gasteiger partial charge is 0.301 e. The van der Waals surface area contributed by atoms with Gasteiger partial charge >= 0.3 is 5.56 Å². The van der Waals surface area contributed by atoms with Gasteiger partial charge in [-0.25, -0.2) is 4.68 Å². The zero-order valence-corrected chi connectivity index (χ0v) is 30.7. The average molecular weight is 749 g/mol. The average Bonchev–Trinajstić information content (AvgIpc) is 3.33. The van der Waals surface area contributed by atoms with E-state index in [0.717, 1.165) is 29.5 Å². The Balaban J connectivity index is 1.47. The van der Waals surface area contributed by atoms with Crippen LogP contribution >= 0.6 is 46.4 Å². The van der Waals surface area contributed by atoms with Crippen LogP contribution in [0.1, 0.15) is 89.5 Å². The number of nitrogens with zero attached hydrogens (tertiary/aromatic N) is 3. The molecule has 1 amide bonds. The lowest BCUT2D eigenvalue weighted by molar-refractivity contribution is -0.116. The van der Waals surface area contributed by atoms with E-state index in [2.05, 4.69) is 32.9 Å². The maximum Gasteiger partial charge on any atom is 0.301 e. The Morgan fingerprint density at radius 2 is 1.45 bits per heavy atom. The highest BCUT2D eigenvalue weighted by molar-refractivity contribution is 6.40. The molecule has 0 aliphatic rings. The van der Waals surface area contributed by atoms with Gasteiger partial charge in [0.1, 0.15) is 11.4 Å². The summed E-state index contributed by atoms with van der Waals surface area (Å²) in [5.74, 6) is 0.0402. The van der Waals surface area contributed by atoms with Crippen LogP contribution in [0.5, 0.6) is 5.75 Å². The SMILES string of the molecule is CCCCCCCCCCCCCC(=O)Nc1ccc(Cl)c(Nc2[nH]n(-c3c(Cl)cc(Cl)cc3Cl)c(=O)c2/N=N/c2cc(C)cc(O)c2)c1. The number of benzene rings is 3. The largest absolute Gasteiger partial charge is 0.508 e. The van der Waals surface area contributed by atoms with Crippen LogP contribution in [0.3, 0.4) is 0 Å². The molecule has 0 aliphatic heterocycles. The van der Waals surface area contributed by atoms with E-state index in [4.69, 9.17) is 46.4 Å². The summed E-state index contributed by atoms with van der Waals surface area (Å²) in [6.45, 7) is 4.03. The summed E-state index contributed by atoms with van der Waals surface area (Å²) >= 11 is 25.5. The summed E-state index contributed by atoms with van der Waals surface area (Å²) in [4.78, 5) is 26.5. The molecule has 4 rings (SSSR count). The van der Waals surface area contributed by atoms with E-state index in [-0.39, 0.29) is 38.9 Å². The highest BCUT2D eigenvalue weighted by Crippen LogP contribution is 2.36. The minimum atomic E-state index is -0.623. The van der Waals surface area contributed by atoms with Gasteiger partial charge in [-0.05, 0) is 61.4 Å². The Kier molecular flexibility index (Phi) is 14.9. The first-order valence-electron chi connectivity index (χ1n) is 16.6. The molecule has 49 heavy (non-hydrogen) atoms. The fraction of sp³-hybridized carbons (Fsp3) is 0.389. The fourth-order valence-corrected chi connectivity index (χ4v) is 6.58. The van der Waals surface area contributed by atoms with Crippen LogP contribution in [-0.4, -0.2) is 20.8 Å². The Morgan fingerprint density at radius 3 is 2.08 bits per heavy atom. The molecular weight excluding hydrogens is 706 g/mol. The number of azo groups is 1. The van der Waals surface area contributed by atoms with Gasteiger partial charge in [0.2, 0.25) is 5.91 Å². The number of amides is 1. The van der Waals surface area contributed by atoms with Crippen LogP contribution in [0.15, 0.2) is 63.6 Å². The van der Waals surface area contributed by atoms with Gasteiger partial charge in [0.15, 0.2) is 11.5 Å². The lowest BCUT2D eigenvalue weighted by Crippen LogP contribution is -2.15. The first-order valence-corrected chi connectivity index (χ1v) is 18.2. The predicted molar refractivity (Wildman–Crippen MR) is 203 cm³/mol. The van der Waals surface area contributed by atoms with Gasteiger partial charge < -0.3 is 15.7 Å². The molecule has 0 bridgehead atoms. The van der Waals surface area contributed by atoms with Crippen molar-refractivity contribution in [3.8, 4) is 11.4 Å². The van der Waals surface area contributed by atoms with E-state index in [9.17, 15) is 14.7 Å². The van der Waals surface area contributed by atoms with Crippen LogP contribution in [0, 0.1) is 6.92 Å². The second-order valence-electron chi connectivity index (χ2n) is 12.1. The molecule has 0 saturated heterocycles. The van der Waals surface area contributed by atoms with Crippen molar-refractivity contribution in [1.82, 2.24) is 9.78 Å². The second kappa shape index (κ2) is 19.0. The number of anilines is 3. The van der Waals surface area contributed by atoms with Crippen molar-refractivity contribution in [1.29, 1.82) is 0 Å². The van der Waals surface area contributed by atoms with Crippen molar-refractivity contribution in [2.75, 3.05) is 10.6 Å². The van der Waals surface area contributed by atoms with E-state index in [0.29, 0.717) is 33.5 Å². The number of unbranched alkanes of at least 4 members (excludes halogenated alkanes) is 10.